The van der Waals surface area contributed by atoms with Gasteiger partial charge in [0.25, 0.3) is 5.91 Å². The monoisotopic (exact) mass is 271 g/mol. The highest BCUT2D eigenvalue weighted by atomic mass is 16.4. The molecule has 7 nitrogen and oxygen atoms in total. The molecule has 0 heterocycles. The van der Waals surface area contributed by atoms with Gasteiger partial charge in [-0.3, -0.25) is 4.79 Å². The Morgan fingerprint density at radius 1 is 1.05 bits per heavy atom. The molecule has 1 rings (SSSR count). The molecule has 1 unspecified atom stereocenters. The molecule has 0 aromatic heterocycles. The molecule has 7 heteroatoms. The van der Waals surface area contributed by atoms with Crippen molar-refractivity contribution in [1.29, 1.82) is 0 Å². The van der Waals surface area contributed by atoms with Gasteiger partial charge < -0.3 is 30.8 Å². The Morgan fingerprint density at radius 2 is 1.63 bits per heavy atom. The number of carbonyl (C=O) groups is 1. The molecule has 1 aromatic carbocycles. The average Bonchev–Trinajstić information content (AvgIpc) is 2.44. The van der Waals surface area contributed by atoms with Gasteiger partial charge in [-0.1, -0.05) is 18.2 Å². The molecule has 0 saturated carbocycles. The second-order valence-electron chi connectivity index (χ2n) is 4.03. The Bertz CT molecular complexity index is 398. The topological polar surface area (TPSA) is 130 Å². The number of hydrogen-bond acceptors (Lipinski definition) is 6. The fraction of sp³-hybridized carbons (Fsp3) is 0.417. The summed E-state index contributed by atoms with van der Waals surface area (Å²) in [6, 6.07) is 8.24. The van der Waals surface area contributed by atoms with Crippen molar-refractivity contribution in [3.05, 3.63) is 30.3 Å². The van der Waals surface area contributed by atoms with Crippen molar-refractivity contribution in [3.63, 3.8) is 0 Å². The van der Waals surface area contributed by atoms with Crippen LogP contribution in [0, 0.1) is 0 Å². The van der Waals surface area contributed by atoms with Crippen molar-refractivity contribution >= 4 is 11.6 Å². The number of amides is 1. The first-order valence-electron chi connectivity index (χ1n) is 5.66. The normalized spacial score (nSPS) is 17.3. The third-order valence-electron chi connectivity index (χ3n) is 2.56. The van der Waals surface area contributed by atoms with E-state index in [0.29, 0.717) is 5.69 Å². The van der Waals surface area contributed by atoms with E-state index in [0.717, 1.165) is 0 Å². The molecule has 0 aliphatic carbocycles. The maximum Gasteiger partial charge on any atom is 0.256 e. The van der Waals surface area contributed by atoms with Crippen LogP contribution in [0.5, 0.6) is 0 Å². The fourth-order valence-electron chi connectivity index (χ4n) is 1.42. The van der Waals surface area contributed by atoms with E-state index in [1.54, 1.807) is 30.3 Å². The van der Waals surface area contributed by atoms with Crippen LogP contribution in [0.4, 0.5) is 5.69 Å². The highest BCUT2D eigenvalue weighted by Crippen LogP contribution is 2.09. The Hall–Kier alpha value is -1.51. The van der Waals surface area contributed by atoms with Gasteiger partial charge in [-0.15, -0.1) is 0 Å². The average molecular weight is 271 g/mol. The van der Waals surface area contributed by atoms with Crippen LogP contribution in [0.1, 0.15) is 0 Å². The highest BCUT2D eigenvalue weighted by Gasteiger charge is 2.34. The molecule has 4 atom stereocenters. The molecule has 1 aromatic rings. The molecule has 0 fully saturated rings. The van der Waals surface area contributed by atoms with Crippen LogP contribution in [0.15, 0.2) is 30.3 Å². The predicted octanol–water partition coefficient (Wildman–Crippen LogP) is -1.94. The van der Waals surface area contributed by atoms with Gasteiger partial charge in [0.15, 0.2) is 6.10 Å². The smallest absolute Gasteiger partial charge is 0.256 e. The number of anilines is 1. The van der Waals surface area contributed by atoms with Crippen molar-refractivity contribution in [3.8, 4) is 0 Å². The van der Waals surface area contributed by atoms with Crippen molar-refractivity contribution in [2.24, 2.45) is 0 Å². The van der Waals surface area contributed by atoms with Crippen LogP contribution < -0.4 is 5.32 Å². The zero-order valence-electron chi connectivity index (χ0n) is 10.0. The Morgan fingerprint density at radius 3 is 2.16 bits per heavy atom. The van der Waals surface area contributed by atoms with Gasteiger partial charge in [-0.25, -0.2) is 0 Å². The summed E-state index contributed by atoms with van der Waals surface area (Å²) in [5.41, 5.74) is 0.413. The summed E-state index contributed by atoms with van der Waals surface area (Å²) in [5, 5.41) is 48.5. The van der Waals surface area contributed by atoms with E-state index in [1.807, 2.05) is 0 Å². The number of benzene rings is 1. The number of nitrogens with one attached hydrogen (secondary N) is 1. The van der Waals surface area contributed by atoms with Gasteiger partial charge in [0, 0.05) is 5.69 Å². The SMILES string of the molecule is O=C(Nc1ccccc1)[C@H](O)[C@@H](O)[C@H](O)C(O)CO. The molecule has 106 valence electrons. The van der Waals surface area contributed by atoms with Gasteiger partial charge in [0.2, 0.25) is 0 Å². The minimum atomic E-state index is -1.93. The van der Waals surface area contributed by atoms with Crippen LogP contribution in [-0.4, -0.2) is 62.5 Å². The van der Waals surface area contributed by atoms with Crippen LogP contribution >= 0.6 is 0 Å². The number of hydrogen-bond donors (Lipinski definition) is 6. The lowest BCUT2D eigenvalue weighted by Crippen LogP contribution is -2.50. The van der Waals surface area contributed by atoms with Crippen molar-refractivity contribution in [1.82, 2.24) is 0 Å². The maximum absolute atomic E-state index is 11.6. The van der Waals surface area contributed by atoms with Gasteiger partial charge in [0.05, 0.1) is 6.61 Å². The molecule has 1 amide bonds. The van der Waals surface area contributed by atoms with E-state index < -0.39 is 36.9 Å². The molecule has 6 N–H and O–H groups in total. The van der Waals surface area contributed by atoms with Gasteiger partial charge >= 0.3 is 0 Å². The Balaban J connectivity index is 2.61. The third-order valence-corrected chi connectivity index (χ3v) is 2.56. The van der Waals surface area contributed by atoms with Gasteiger partial charge in [0.1, 0.15) is 18.3 Å². The molecule has 19 heavy (non-hydrogen) atoms. The van der Waals surface area contributed by atoms with Crippen LogP contribution in [-0.2, 0) is 4.79 Å². The standard InChI is InChI=1S/C12H17NO6/c14-6-8(15)9(16)10(17)11(18)12(19)13-7-4-2-1-3-5-7/h1-5,8-11,14-18H,6H2,(H,13,19)/t8?,9-,10+,11-/m1/s1. The molecule has 0 aliphatic heterocycles. The van der Waals surface area contributed by atoms with Crippen molar-refractivity contribution in [2.75, 3.05) is 11.9 Å². The van der Waals surface area contributed by atoms with E-state index in [-0.39, 0.29) is 0 Å². The zero-order chi connectivity index (χ0) is 14.4. The van der Waals surface area contributed by atoms with Crippen LogP contribution in [0.2, 0.25) is 0 Å². The first-order chi connectivity index (χ1) is 8.97. The van der Waals surface area contributed by atoms with Crippen LogP contribution in [0.25, 0.3) is 0 Å². The largest absolute Gasteiger partial charge is 0.394 e. The summed E-state index contributed by atoms with van der Waals surface area (Å²) >= 11 is 0. The number of aliphatic hydroxyl groups excluding tert-OH is 5. The first-order valence-corrected chi connectivity index (χ1v) is 5.66. The molecule has 0 spiro atoms. The molecule has 0 radical (unpaired) electrons. The van der Waals surface area contributed by atoms with Gasteiger partial charge in [-0.2, -0.15) is 0 Å². The summed E-state index contributed by atoms with van der Waals surface area (Å²) in [5.74, 6) is -0.928. The zero-order valence-corrected chi connectivity index (χ0v) is 10.0. The number of carbonyl (C=O) groups excluding carboxylic acids is 1. The van der Waals surface area contributed by atoms with E-state index in [4.69, 9.17) is 10.2 Å². The number of aliphatic hydroxyl groups is 5. The summed E-state index contributed by atoms with van der Waals surface area (Å²) in [4.78, 5) is 11.6. The number of rotatable bonds is 6. The number of para-hydroxylation sites is 1. The van der Waals surface area contributed by atoms with Crippen molar-refractivity contribution in [2.45, 2.75) is 24.4 Å². The minimum Gasteiger partial charge on any atom is -0.394 e. The molecule has 0 aliphatic rings. The third kappa shape index (κ3) is 4.27. The first kappa shape index (κ1) is 15.5. The van der Waals surface area contributed by atoms with Gasteiger partial charge in [-0.05, 0) is 12.1 Å². The lowest BCUT2D eigenvalue weighted by Gasteiger charge is -2.24. The Kier molecular flexibility index (Phi) is 5.87. The summed E-state index contributed by atoms with van der Waals surface area (Å²) in [7, 11) is 0. The lowest BCUT2D eigenvalue weighted by molar-refractivity contribution is -0.144. The lowest BCUT2D eigenvalue weighted by atomic mass is 10.0. The second-order valence-corrected chi connectivity index (χ2v) is 4.03. The highest BCUT2D eigenvalue weighted by molar-refractivity contribution is 5.94. The van der Waals surface area contributed by atoms with E-state index in [1.165, 1.54) is 0 Å². The quantitative estimate of drug-likeness (QED) is 0.357. The predicted molar refractivity (Wildman–Crippen MR) is 66.2 cm³/mol. The Labute approximate surface area is 109 Å². The van der Waals surface area contributed by atoms with Crippen molar-refractivity contribution < 1.29 is 30.3 Å². The molecule has 0 saturated heterocycles. The minimum absolute atomic E-state index is 0.413. The molecule has 0 bridgehead atoms. The summed E-state index contributed by atoms with van der Waals surface area (Å²) in [6.07, 6.45) is -7.32. The maximum atomic E-state index is 11.6. The molecular formula is C12H17NO6. The molecular weight excluding hydrogens is 254 g/mol. The fourth-order valence-corrected chi connectivity index (χ4v) is 1.42. The van der Waals surface area contributed by atoms with E-state index in [2.05, 4.69) is 5.32 Å². The summed E-state index contributed by atoms with van der Waals surface area (Å²) in [6.45, 7) is -0.800. The van der Waals surface area contributed by atoms with Crippen LogP contribution in [0.3, 0.4) is 0 Å². The second kappa shape index (κ2) is 7.17. The van der Waals surface area contributed by atoms with E-state index in [9.17, 15) is 20.1 Å². The summed E-state index contributed by atoms with van der Waals surface area (Å²) < 4.78 is 0. The van der Waals surface area contributed by atoms with E-state index >= 15 is 0 Å².